The van der Waals surface area contributed by atoms with Crippen molar-refractivity contribution in [3.63, 3.8) is 0 Å². The van der Waals surface area contributed by atoms with Crippen LogP contribution in [0.4, 0.5) is 0 Å². The van der Waals surface area contributed by atoms with Gasteiger partial charge < -0.3 is 100 Å². The minimum Gasteiger partial charge on any atom is -0.481 e. The van der Waals surface area contributed by atoms with E-state index < -0.39 is 211 Å². The van der Waals surface area contributed by atoms with Crippen LogP contribution in [-0.2, 0) is 67.1 Å². The Morgan fingerprint density at radius 1 is 0.419 bits per heavy atom. The molecular formula is C52H91N13O20S. The summed E-state index contributed by atoms with van der Waals surface area (Å²) in [5.41, 5.74) is 5.61. The molecule has 0 heterocycles. The molecule has 0 fully saturated rings. The summed E-state index contributed by atoms with van der Waals surface area (Å²) in [5.74, 6) is -17.0. The highest BCUT2D eigenvalue weighted by Gasteiger charge is 2.38. The van der Waals surface area contributed by atoms with E-state index >= 15 is 0 Å². The van der Waals surface area contributed by atoms with Gasteiger partial charge in [0.25, 0.3) is 0 Å². The molecule has 0 aliphatic rings. The minimum absolute atomic E-state index is 0.0865. The largest absolute Gasteiger partial charge is 0.481 e. The Morgan fingerprint density at radius 3 is 1.23 bits per heavy atom. The molecule has 490 valence electrons. The maximum atomic E-state index is 13.6. The third-order valence-electron chi connectivity index (χ3n) is 12.7. The van der Waals surface area contributed by atoms with Crippen molar-refractivity contribution in [2.24, 2.45) is 29.4 Å². The number of rotatable bonds is 39. The minimum atomic E-state index is -1.85. The van der Waals surface area contributed by atoms with Crippen LogP contribution in [0.2, 0.25) is 0 Å². The summed E-state index contributed by atoms with van der Waals surface area (Å²) in [5, 5.41) is 87.5. The van der Waals surface area contributed by atoms with E-state index in [0.717, 1.165) is 13.8 Å². The summed E-state index contributed by atoms with van der Waals surface area (Å²) in [7, 11) is 0. The third-order valence-corrected chi connectivity index (χ3v) is 13.4. The molecule has 0 spiro atoms. The molecule has 0 saturated carbocycles. The zero-order valence-electron chi connectivity index (χ0n) is 50.7. The van der Waals surface area contributed by atoms with Gasteiger partial charge in [0.05, 0.1) is 44.4 Å². The molecule has 20 N–H and O–H groups in total. The third kappa shape index (κ3) is 28.3. The Morgan fingerprint density at radius 2 is 0.814 bits per heavy atom. The zero-order valence-corrected chi connectivity index (χ0v) is 51.5. The van der Waals surface area contributed by atoms with Crippen LogP contribution in [0.1, 0.15) is 102 Å². The van der Waals surface area contributed by atoms with Gasteiger partial charge >= 0.3 is 11.9 Å². The molecule has 0 aromatic rings. The average molecular weight is 1250 g/mol. The van der Waals surface area contributed by atoms with Crippen molar-refractivity contribution in [3.8, 4) is 0 Å². The molecule has 0 saturated heterocycles. The van der Waals surface area contributed by atoms with Crippen molar-refractivity contribution in [2.45, 2.75) is 187 Å². The highest BCUT2D eigenvalue weighted by atomic mass is 32.2. The standard InChI is InChI=1S/C52H91N13O20S/c1-21(2)16-31(52(84)85)59-48(80)38(23(5)6)63-51(83)41(28(12)69)65-49(81)39(24(7)8)64-50(82)40(27(11)68)61-34(71)19-54-33(70)18-55-43(75)32(20-66)60-44(76)29(14-15-86-13)57-45(77)30(17-35(72)73)58-47(79)37(22(3)4)62-42(74)25(9)56-46(78)36(53)26(10)67/h21-32,36-41,66-69H,14-20,53H2,1-13H3,(H,54,70)(H,55,75)(H,56,78)(H,57,77)(H,58,79)(H,59,80)(H,60,76)(H,61,71)(H,62,74)(H,63,83)(H,64,82)(H,65,81)(H,72,73)(H,84,85)/t25-,26+,27+,28+,29-,30-,31-,32-,36-,37-,38-,39-,40-,41-/m0/s1. The van der Waals surface area contributed by atoms with Gasteiger partial charge in [0.15, 0.2) is 0 Å². The van der Waals surface area contributed by atoms with E-state index in [1.165, 1.54) is 53.3 Å². The van der Waals surface area contributed by atoms with Gasteiger partial charge in [0, 0.05) is 0 Å². The van der Waals surface area contributed by atoms with Gasteiger partial charge in [-0.3, -0.25) is 62.3 Å². The predicted octanol–water partition coefficient (Wildman–Crippen LogP) is -7.12. The molecule has 0 aromatic carbocycles. The van der Waals surface area contributed by atoms with Crippen LogP contribution >= 0.6 is 11.8 Å². The summed E-state index contributed by atoms with van der Waals surface area (Å²) < 4.78 is 0. The summed E-state index contributed by atoms with van der Waals surface area (Å²) in [4.78, 5) is 182. The molecule has 12 amide bonds. The first-order chi connectivity index (χ1) is 39.8. The molecule has 34 heteroatoms. The van der Waals surface area contributed by atoms with Crippen molar-refractivity contribution in [3.05, 3.63) is 0 Å². The SMILES string of the molecule is CSCC[C@H](NC(=O)[C@H](CC(=O)O)NC(=O)[C@@H](NC(=O)[C@H](C)NC(=O)[C@@H](N)[C@@H](C)O)C(C)C)C(=O)N[C@@H](CO)C(=O)NCC(=O)NCC(=O)N[C@H](C(=O)N[C@H](C(=O)N[C@H](C(=O)N[C@H](C(=O)N[C@@H](CC(C)C)C(=O)O)C(C)C)[C@@H](C)O)C(C)C)[C@@H](C)O. The topological polar surface area (TPSA) is 531 Å². The van der Waals surface area contributed by atoms with Crippen LogP contribution < -0.4 is 69.5 Å². The second kappa shape index (κ2) is 38.7. The van der Waals surface area contributed by atoms with Crippen LogP contribution in [0.5, 0.6) is 0 Å². The number of nitrogens with one attached hydrogen (secondary N) is 12. The van der Waals surface area contributed by atoms with Gasteiger partial charge in [0.1, 0.15) is 66.5 Å². The molecule has 0 aliphatic heterocycles. The molecule has 14 atom stereocenters. The lowest BCUT2D eigenvalue weighted by molar-refractivity contribution is -0.143. The predicted molar refractivity (Wildman–Crippen MR) is 308 cm³/mol. The first-order valence-electron chi connectivity index (χ1n) is 27.7. The fraction of sp³-hybridized carbons (Fsp3) is 0.731. The molecule has 0 aliphatic carbocycles. The number of carboxylic acids is 2. The van der Waals surface area contributed by atoms with Crippen LogP contribution in [0, 0.1) is 23.7 Å². The Balaban J connectivity index is 5.89. The second-order valence-electron chi connectivity index (χ2n) is 22.0. The maximum absolute atomic E-state index is 13.6. The number of aliphatic hydroxyl groups excluding tert-OH is 4. The maximum Gasteiger partial charge on any atom is 0.326 e. The zero-order chi connectivity index (χ0) is 66.6. The number of carboxylic acid groups (broad SMARTS) is 2. The molecule has 0 radical (unpaired) electrons. The van der Waals surface area contributed by atoms with Crippen LogP contribution in [0.15, 0.2) is 0 Å². The summed E-state index contributed by atoms with van der Waals surface area (Å²) in [6, 6.07) is -16.7. The molecule has 0 rings (SSSR count). The lowest BCUT2D eigenvalue weighted by atomic mass is 9.99. The number of hydrogen-bond acceptors (Lipinski definition) is 20. The van der Waals surface area contributed by atoms with Crippen molar-refractivity contribution in [1.29, 1.82) is 0 Å². The lowest BCUT2D eigenvalue weighted by Gasteiger charge is -2.30. The summed E-state index contributed by atoms with van der Waals surface area (Å²) in [6.07, 6.45) is -3.87. The number of thioether (sulfide) groups is 1. The summed E-state index contributed by atoms with van der Waals surface area (Å²) >= 11 is 1.23. The molecule has 0 bridgehead atoms. The molecule has 33 nitrogen and oxygen atoms in total. The molecular weight excluding hydrogens is 1160 g/mol. The van der Waals surface area contributed by atoms with E-state index in [0.29, 0.717) is 0 Å². The fourth-order valence-electron chi connectivity index (χ4n) is 7.62. The van der Waals surface area contributed by atoms with Crippen LogP contribution in [0.3, 0.4) is 0 Å². The fourth-order valence-corrected chi connectivity index (χ4v) is 8.09. The van der Waals surface area contributed by atoms with Crippen LogP contribution in [-0.4, -0.2) is 230 Å². The highest BCUT2D eigenvalue weighted by Crippen LogP contribution is 2.12. The number of hydrogen-bond donors (Lipinski definition) is 19. The average Bonchev–Trinajstić information content (AvgIpc) is 3.50. The number of carbonyl (C=O) groups is 14. The van der Waals surface area contributed by atoms with Gasteiger partial charge in [-0.25, -0.2) is 4.79 Å². The van der Waals surface area contributed by atoms with E-state index in [9.17, 15) is 97.8 Å². The monoisotopic (exact) mass is 1250 g/mol. The van der Waals surface area contributed by atoms with Crippen molar-refractivity contribution in [1.82, 2.24) is 63.8 Å². The van der Waals surface area contributed by atoms with Gasteiger partial charge in [-0.1, -0.05) is 55.4 Å². The van der Waals surface area contributed by atoms with E-state index in [2.05, 4.69) is 63.8 Å². The number of aliphatic hydroxyl groups is 4. The summed E-state index contributed by atoms with van der Waals surface area (Å²) in [6.45, 7) is 14.7. The quantitative estimate of drug-likeness (QED) is 0.0272. The van der Waals surface area contributed by atoms with E-state index in [1.54, 1.807) is 34.0 Å². The second-order valence-corrected chi connectivity index (χ2v) is 23.0. The number of nitrogens with two attached hydrogens (primary N) is 1. The molecule has 86 heavy (non-hydrogen) atoms. The smallest absolute Gasteiger partial charge is 0.326 e. The number of aliphatic carboxylic acids is 2. The van der Waals surface area contributed by atoms with E-state index in [1.807, 2.05) is 0 Å². The van der Waals surface area contributed by atoms with E-state index in [-0.39, 0.29) is 24.5 Å². The van der Waals surface area contributed by atoms with Gasteiger partial charge in [-0.2, -0.15) is 11.8 Å². The van der Waals surface area contributed by atoms with E-state index in [4.69, 9.17) is 5.73 Å². The van der Waals surface area contributed by atoms with Crippen molar-refractivity contribution in [2.75, 3.05) is 31.7 Å². The first kappa shape index (κ1) is 78.7. The Kier molecular flexibility index (Phi) is 35.4. The van der Waals surface area contributed by atoms with Crippen LogP contribution in [0.25, 0.3) is 0 Å². The Hall–Kier alpha value is -7.27. The van der Waals surface area contributed by atoms with Gasteiger partial charge in [-0.05, 0) is 76.2 Å². The Bertz CT molecular complexity index is 2360. The van der Waals surface area contributed by atoms with Gasteiger partial charge in [-0.15, -0.1) is 0 Å². The number of carbonyl (C=O) groups excluding carboxylic acids is 12. The van der Waals surface area contributed by atoms with Crippen molar-refractivity contribution >= 4 is 94.6 Å². The lowest BCUT2D eigenvalue weighted by Crippen LogP contribution is -2.63. The normalized spacial score (nSPS) is 16.2. The molecule has 0 unspecified atom stereocenters. The molecule has 0 aromatic heterocycles. The number of amides is 12. The first-order valence-corrected chi connectivity index (χ1v) is 29.1. The van der Waals surface area contributed by atoms with Gasteiger partial charge in [0.2, 0.25) is 70.9 Å². The van der Waals surface area contributed by atoms with Crippen molar-refractivity contribution < 1.29 is 97.8 Å². The highest BCUT2D eigenvalue weighted by molar-refractivity contribution is 7.98. The Labute approximate surface area is 502 Å².